The largest absolute Gasteiger partial charge is 0.271 e. The van der Waals surface area contributed by atoms with E-state index < -0.39 is 11.9 Å². The standard InChI is InChI=1S/C17H16ClFN6O/c1-2-25-16(19)14(8-22-25)7-20-23-17(26)13-5-3-12(4-6-13)10-24-11-15(18)9-21-24/h3-9,11H,2,10H2,1H3,(H,23,26)/b20-7-. The molecule has 0 aliphatic carbocycles. The molecule has 0 radical (unpaired) electrons. The van der Waals surface area contributed by atoms with Crippen LogP contribution in [0.3, 0.4) is 0 Å². The van der Waals surface area contributed by atoms with Crippen LogP contribution in [0.5, 0.6) is 0 Å². The minimum Gasteiger partial charge on any atom is -0.267 e. The Balaban J connectivity index is 1.59. The summed E-state index contributed by atoms with van der Waals surface area (Å²) in [7, 11) is 0. The van der Waals surface area contributed by atoms with Crippen LogP contribution in [0.2, 0.25) is 5.02 Å². The second-order valence-electron chi connectivity index (χ2n) is 5.46. The summed E-state index contributed by atoms with van der Waals surface area (Å²) in [6, 6.07) is 7.00. The number of aromatic nitrogens is 4. The number of aryl methyl sites for hydroxylation is 1. The first kappa shape index (κ1) is 17.8. The Morgan fingerprint density at radius 3 is 2.69 bits per heavy atom. The Morgan fingerprint density at radius 2 is 2.08 bits per heavy atom. The summed E-state index contributed by atoms with van der Waals surface area (Å²) in [6.07, 6.45) is 5.86. The van der Waals surface area contributed by atoms with Crippen LogP contribution in [-0.2, 0) is 13.1 Å². The molecule has 7 nitrogen and oxygen atoms in total. The third kappa shape index (κ3) is 4.15. The molecule has 0 aliphatic rings. The average Bonchev–Trinajstić information content (AvgIpc) is 3.21. The molecule has 134 valence electrons. The van der Waals surface area contributed by atoms with Gasteiger partial charge in [0.25, 0.3) is 5.91 Å². The van der Waals surface area contributed by atoms with Crippen molar-refractivity contribution in [3.63, 3.8) is 0 Å². The van der Waals surface area contributed by atoms with E-state index in [-0.39, 0.29) is 5.56 Å². The fourth-order valence-corrected chi connectivity index (χ4v) is 2.45. The first-order valence-electron chi connectivity index (χ1n) is 7.88. The molecule has 0 atom stereocenters. The normalized spacial score (nSPS) is 11.2. The molecule has 1 N–H and O–H groups in total. The lowest BCUT2D eigenvalue weighted by Gasteiger charge is -2.04. The van der Waals surface area contributed by atoms with E-state index in [1.807, 2.05) is 12.1 Å². The third-order valence-corrected chi connectivity index (χ3v) is 3.83. The molecule has 2 aromatic heterocycles. The van der Waals surface area contributed by atoms with Crippen molar-refractivity contribution >= 4 is 23.7 Å². The van der Waals surface area contributed by atoms with Crippen molar-refractivity contribution in [1.82, 2.24) is 25.0 Å². The maximum atomic E-state index is 13.8. The van der Waals surface area contributed by atoms with E-state index >= 15 is 0 Å². The maximum Gasteiger partial charge on any atom is 0.271 e. The third-order valence-electron chi connectivity index (χ3n) is 3.63. The van der Waals surface area contributed by atoms with Crippen molar-refractivity contribution in [3.8, 4) is 0 Å². The quantitative estimate of drug-likeness (QED) is 0.532. The molecular weight excluding hydrogens is 359 g/mol. The number of nitrogens with one attached hydrogen (secondary N) is 1. The molecule has 1 aromatic carbocycles. The number of hydrazone groups is 1. The van der Waals surface area contributed by atoms with Crippen LogP contribution in [0, 0.1) is 5.95 Å². The Labute approximate surface area is 154 Å². The maximum absolute atomic E-state index is 13.8. The Bertz CT molecular complexity index is 931. The molecule has 0 unspecified atom stereocenters. The van der Waals surface area contributed by atoms with E-state index in [1.165, 1.54) is 17.1 Å². The molecule has 26 heavy (non-hydrogen) atoms. The molecule has 0 bridgehead atoms. The lowest BCUT2D eigenvalue weighted by Crippen LogP contribution is -2.17. The number of nitrogens with zero attached hydrogens (tertiary/aromatic N) is 5. The molecule has 0 saturated heterocycles. The predicted molar refractivity (Wildman–Crippen MR) is 95.7 cm³/mol. The van der Waals surface area contributed by atoms with Crippen molar-refractivity contribution in [2.75, 3.05) is 0 Å². The van der Waals surface area contributed by atoms with Gasteiger partial charge in [-0.2, -0.15) is 19.7 Å². The highest BCUT2D eigenvalue weighted by Crippen LogP contribution is 2.09. The fraction of sp³-hybridized carbons (Fsp3) is 0.176. The average molecular weight is 375 g/mol. The van der Waals surface area contributed by atoms with Gasteiger partial charge < -0.3 is 0 Å². The fourth-order valence-electron chi connectivity index (χ4n) is 2.29. The summed E-state index contributed by atoms with van der Waals surface area (Å²) in [5.74, 6) is -0.883. The summed E-state index contributed by atoms with van der Waals surface area (Å²) in [4.78, 5) is 12.1. The Kier molecular flexibility index (Phi) is 5.43. The van der Waals surface area contributed by atoms with Gasteiger partial charge in [-0.25, -0.2) is 10.1 Å². The van der Waals surface area contributed by atoms with Crippen LogP contribution < -0.4 is 5.43 Å². The van der Waals surface area contributed by atoms with Gasteiger partial charge >= 0.3 is 0 Å². The molecule has 3 rings (SSSR count). The van der Waals surface area contributed by atoms with Crippen molar-refractivity contribution in [1.29, 1.82) is 0 Å². The van der Waals surface area contributed by atoms with E-state index in [1.54, 1.807) is 36.1 Å². The summed E-state index contributed by atoms with van der Waals surface area (Å²) in [6.45, 7) is 2.75. The van der Waals surface area contributed by atoms with Crippen LogP contribution in [0.15, 0.2) is 48.0 Å². The smallest absolute Gasteiger partial charge is 0.267 e. The molecule has 0 saturated carbocycles. The molecule has 2 heterocycles. The van der Waals surface area contributed by atoms with Gasteiger partial charge in [0, 0.05) is 18.3 Å². The summed E-state index contributed by atoms with van der Waals surface area (Å²) in [5.41, 5.74) is 3.99. The number of rotatable bonds is 6. The first-order chi connectivity index (χ1) is 12.6. The lowest BCUT2D eigenvalue weighted by atomic mass is 10.1. The summed E-state index contributed by atoms with van der Waals surface area (Å²) >= 11 is 5.83. The number of carbonyl (C=O) groups excluding carboxylic acids is 1. The summed E-state index contributed by atoms with van der Waals surface area (Å²) in [5, 5.41) is 12.3. The number of halogens is 2. The van der Waals surface area contributed by atoms with Crippen LogP contribution in [0.25, 0.3) is 0 Å². The molecule has 9 heteroatoms. The Morgan fingerprint density at radius 1 is 1.31 bits per heavy atom. The van der Waals surface area contributed by atoms with Crippen molar-refractivity contribution in [3.05, 3.63) is 70.5 Å². The number of carbonyl (C=O) groups is 1. The lowest BCUT2D eigenvalue weighted by molar-refractivity contribution is 0.0955. The molecule has 0 fully saturated rings. The number of amides is 1. The van der Waals surface area contributed by atoms with E-state index in [0.717, 1.165) is 5.56 Å². The van der Waals surface area contributed by atoms with E-state index in [4.69, 9.17) is 11.6 Å². The van der Waals surface area contributed by atoms with Crippen molar-refractivity contribution in [2.45, 2.75) is 20.0 Å². The molecule has 0 aliphatic heterocycles. The van der Waals surface area contributed by atoms with Crippen molar-refractivity contribution in [2.24, 2.45) is 5.10 Å². The van der Waals surface area contributed by atoms with Gasteiger partial charge in [0.15, 0.2) is 0 Å². The van der Waals surface area contributed by atoms with E-state index in [9.17, 15) is 9.18 Å². The van der Waals surface area contributed by atoms with Crippen molar-refractivity contribution < 1.29 is 9.18 Å². The van der Waals surface area contributed by atoms with Crippen LogP contribution >= 0.6 is 11.6 Å². The number of hydrogen-bond donors (Lipinski definition) is 1. The van der Waals surface area contributed by atoms with E-state index in [0.29, 0.717) is 23.7 Å². The first-order valence-corrected chi connectivity index (χ1v) is 8.26. The zero-order valence-electron chi connectivity index (χ0n) is 13.9. The van der Waals surface area contributed by atoms with Crippen LogP contribution in [-0.4, -0.2) is 31.7 Å². The highest BCUT2D eigenvalue weighted by Gasteiger charge is 2.08. The zero-order chi connectivity index (χ0) is 18.5. The second kappa shape index (κ2) is 7.92. The monoisotopic (exact) mass is 374 g/mol. The van der Waals surface area contributed by atoms with Gasteiger partial charge in [-0.05, 0) is 24.6 Å². The van der Waals surface area contributed by atoms with E-state index in [2.05, 4.69) is 20.7 Å². The highest BCUT2D eigenvalue weighted by molar-refractivity contribution is 6.30. The molecule has 1 amide bonds. The predicted octanol–water partition coefficient (Wildman–Crippen LogP) is 2.70. The van der Waals surface area contributed by atoms with Crippen LogP contribution in [0.4, 0.5) is 4.39 Å². The highest BCUT2D eigenvalue weighted by atomic mass is 35.5. The Hall–Kier alpha value is -3.00. The molecular formula is C17H16ClFN6O. The minimum atomic E-state index is -0.492. The topological polar surface area (TPSA) is 77.1 Å². The van der Waals surface area contributed by atoms with Gasteiger partial charge in [-0.15, -0.1) is 0 Å². The second-order valence-corrected chi connectivity index (χ2v) is 5.90. The van der Waals surface area contributed by atoms with Gasteiger partial charge in [0.1, 0.15) is 0 Å². The van der Waals surface area contributed by atoms with Gasteiger partial charge in [0.05, 0.1) is 35.7 Å². The van der Waals surface area contributed by atoms with Gasteiger partial charge in [-0.3, -0.25) is 9.48 Å². The van der Waals surface area contributed by atoms with Crippen LogP contribution in [0.1, 0.15) is 28.4 Å². The minimum absolute atomic E-state index is 0.209. The molecule has 0 spiro atoms. The van der Waals surface area contributed by atoms with Gasteiger partial charge in [-0.1, -0.05) is 23.7 Å². The zero-order valence-corrected chi connectivity index (χ0v) is 14.7. The number of benzene rings is 1. The molecule has 3 aromatic rings. The van der Waals surface area contributed by atoms with Gasteiger partial charge in [0.2, 0.25) is 5.95 Å². The SMILES string of the molecule is CCn1ncc(/C=N\NC(=O)c2ccc(Cn3cc(Cl)cn3)cc2)c1F. The summed E-state index contributed by atoms with van der Waals surface area (Å²) < 4.78 is 16.7. The number of hydrogen-bond acceptors (Lipinski definition) is 4.